The molecule has 3 N–H and O–H groups in total. The molecule has 0 bridgehead atoms. The molecule has 1 aromatic heterocycles. The molecule has 4 nitrogen and oxygen atoms in total. The molecule has 0 aromatic carbocycles. The van der Waals surface area contributed by atoms with Gasteiger partial charge in [-0.25, -0.2) is 4.98 Å². The molecule has 0 aliphatic rings. The molecule has 0 aliphatic heterocycles. The summed E-state index contributed by atoms with van der Waals surface area (Å²) in [5, 5.41) is 7.41. The number of hydrogen-bond donors (Lipinski definition) is 2. The highest BCUT2D eigenvalue weighted by Gasteiger charge is 2.10. The van der Waals surface area contributed by atoms with Gasteiger partial charge in [-0.05, 0) is 25.0 Å². The van der Waals surface area contributed by atoms with Gasteiger partial charge in [0.05, 0.1) is 12.2 Å². The van der Waals surface area contributed by atoms with Crippen molar-refractivity contribution in [3.8, 4) is 5.88 Å². The van der Waals surface area contributed by atoms with Crippen molar-refractivity contribution in [1.82, 2.24) is 4.98 Å². The lowest BCUT2D eigenvalue weighted by Crippen LogP contribution is -2.16. The molecular weight excluding hydrogens is 178 g/mol. The Morgan fingerprint density at radius 1 is 1.64 bits per heavy atom. The van der Waals surface area contributed by atoms with Crippen molar-refractivity contribution in [1.29, 1.82) is 5.41 Å². The van der Waals surface area contributed by atoms with Gasteiger partial charge in [0.1, 0.15) is 5.84 Å². The van der Waals surface area contributed by atoms with Crippen LogP contribution in [0.3, 0.4) is 0 Å². The first-order valence-electron chi connectivity index (χ1n) is 4.59. The van der Waals surface area contributed by atoms with E-state index in [9.17, 15) is 0 Å². The lowest BCUT2D eigenvalue weighted by atomic mass is 10.1. The lowest BCUT2D eigenvalue weighted by Gasteiger charge is -2.10. The molecule has 0 fully saturated rings. The van der Waals surface area contributed by atoms with Crippen molar-refractivity contribution >= 4 is 5.84 Å². The molecule has 0 aliphatic carbocycles. The van der Waals surface area contributed by atoms with Gasteiger partial charge in [0, 0.05) is 6.20 Å². The van der Waals surface area contributed by atoms with Crippen LogP contribution in [0.4, 0.5) is 0 Å². The minimum atomic E-state index is 0.00158. The van der Waals surface area contributed by atoms with Crippen LogP contribution in [-0.2, 0) is 0 Å². The van der Waals surface area contributed by atoms with Crippen molar-refractivity contribution in [3.05, 3.63) is 23.4 Å². The molecule has 14 heavy (non-hydrogen) atoms. The van der Waals surface area contributed by atoms with Crippen molar-refractivity contribution in [3.63, 3.8) is 0 Å². The van der Waals surface area contributed by atoms with E-state index in [1.54, 1.807) is 6.20 Å². The Kier molecular flexibility index (Phi) is 3.45. The molecule has 0 saturated carbocycles. The van der Waals surface area contributed by atoms with Gasteiger partial charge in [-0.2, -0.15) is 0 Å². The third kappa shape index (κ3) is 2.22. The number of rotatable bonds is 4. The van der Waals surface area contributed by atoms with Crippen LogP contribution in [0.1, 0.15) is 24.5 Å². The average molecular weight is 193 g/mol. The summed E-state index contributed by atoms with van der Waals surface area (Å²) in [6, 6.07) is 1.82. The van der Waals surface area contributed by atoms with Crippen LogP contribution in [0.5, 0.6) is 5.88 Å². The van der Waals surface area contributed by atoms with Crippen molar-refractivity contribution in [2.45, 2.75) is 20.3 Å². The van der Waals surface area contributed by atoms with E-state index in [1.807, 2.05) is 19.9 Å². The number of amidine groups is 1. The Morgan fingerprint density at radius 3 is 2.93 bits per heavy atom. The molecular formula is C10H15N3O. The van der Waals surface area contributed by atoms with E-state index in [-0.39, 0.29) is 5.84 Å². The van der Waals surface area contributed by atoms with Gasteiger partial charge < -0.3 is 10.5 Å². The summed E-state index contributed by atoms with van der Waals surface area (Å²) in [6.45, 7) is 4.50. The summed E-state index contributed by atoms with van der Waals surface area (Å²) < 4.78 is 5.40. The Bertz CT molecular complexity index is 336. The third-order valence-corrected chi connectivity index (χ3v) is 1.84. The Labute approximate surface area is 83.6 Å². The molecule has 0 atom stereocenters. The molecule has 0 unspecified atom stereocenters. The van der Waals surface area contributed by atoms with Gasteiger partial charge in [0.25, 0.3) is 0 Å². The second-order valence-electron chi connectivity index (χ2n) is 3.07. The van der Waals surface area contributed by atoms with Gasteiger partial charge in [0.2, 0.25) is 5.88 Å². The van der Waals surface area contributed by atoms with E-state index in [2.05, 4.69) is 4.98 Å². The highest BCUT2D eigenvalue weighted by atomic mass is 16.5. The Balaban J connectivity index is 3.02. The number of nitrogens with one attached hydrogen (secondary N) is 1. The first-order valence-corrected chi connectivity index (χ1v) is 4.59. The molecule has 0 spiro atoms. The number of aryl methyl sites for hydroxylation is 1. The van der Waals surface area contributed by atoms with E-state index in [1.165, 1.54) is 0 Å². The van der Waals surface area contributed by atoms with Crippen LogP contribution in [0.25, 0.3) is 0 Å². The number of aromatic nitrogens is 1. The summed E-state index contributed by atoms with van der Waals surface area (Å²) in [5.41, 5.74) is 6.96. The Hall–Kier alpha value is -1.58. The first-order chi connectivity index (χ1) is 6.66. The maximum atomic E-state index is 7.41. The molecule has 76 valence electrons. The number of hydrogen-bond acceptors (Lipinski definition) is 3. The fourth-order valence-corrected chi connectivity index (χ4v) is 1.17. The molecule has 4 heteroatoms. The third-order valence-electron chi connectivity index (χ3n) is 1.84. The van der Waals surface area contributed by atoms with Crippen molar-refractivity contribution in [2.24, 2.45) is 5.73 Å². The zero-order valence-electron chi connectivity index (χ0n) is 8.50. The first kappa shape index (κ1) is 10.5. The van der Waals surface area contributed by atoms with E-state index in [4.69, 9.17) is 15.9 Å². The number of ether oxygens (including phenoxy) is 1. The largest absolute Gasteiger partial charge is 0.477 e. The predicted molar refractivity (Wildman–Crippen MR) is 55.8 cm³/mol. The molecule has 0 saturated heterocycles. The van der Waals surface area contributed by atoms with Gasteiger partial charge in [-0.15, -0.1) is 0 Å². The molecule has 1 rings (SSSR count). The van der Waals surface area contributed by atoms with Gasteiger partial charge in [-0.1, -0.05) is 6.92 Å². The summed E-state index contributed by atoms with van der Waals surface area (Å²) in [7, 11) is 0. The van der Waals surface area contributed by atoms with Crippen LogP contribution in [0.15, 0.2) is 12.3 Å². The topological polar surface area (TPSA) is 72.0 Å². The van der Waals surface area contributed by atoms with Crippen molar-refractivity contribution in [2.75, 3.05) is 6.61 Å². The molecule has 1 heterocycles. The zero-order chi connectivity index (χ0) is 10.6. The normalized spacial score (nSPS) is 9.86. The van der Waals surface area contributed by atoms with Crippen LogP contribution in [-0.4, -0.2) is 17.4 Å². The fraction of sp³-hybridized carbons (Fsp3) is 0.400. The molecule has 0 radical (unpaired) electrons. The SMILES string of the molecule is CCCOc1nccc(C)c1C(=N)N. The lowest BCUT2D eigenvalue weighted by molar-refractivity contribution is 0.304. The summed E-state index contributed by atoms with van der Waals surface area (Å²) >= 11 is 0. The summed E-state index contributed by atoms with van der Waals surface area (Å²) in [4.78, 5) is 4.06. The quantitative estimate of drug-likeness (QED) is 0.561. The minimum absolute atomic E-state index is 0.00158. The van der Waals surface area contributed by atoms with Crippen LogP contribution < -0.4 is 10.5 Å². The number of nitrogens with zero attached hydrogens (tertiary/aromatic N) is 1. The second kappa shape index (κ2) is 4.60. The van der Waals surface area contributed by atoms with E-state index >= 15 is 0 Å². The maximum Gasteiger partial charge on any atom is 0.224 e. The highest BCUT2D eigenvalue weighted by molar-refractivity contribution is 5.98. The molecule has 0 amide bonds. The minimum Gasteiger partial charge on any atom is -0.477 e. The number of nitrogen functional groups attached to an aromatic ring is 1. The average Bonchev–Trinajstić information content (AvgIpc) is 2.14. The predicted octanol–water partition coefficient (Wildman–Crippen LogP) is 1.46. The van der Waals surface area contributed by atoms with Crippen molar-refractivity contribution < 1.29 is 4.74 Å². The fourth-order valence-electron chi connectivity index (χ4n) is 1.17. The van der Waals surface area contributed by atoms with Gasteiger partial charge >= 0.3 is 0 Å². The second-order valence-corrected chi connectivity index (χ2v) is 3.07. The summed E-state index contributed by atoms with van der Waals surface area (Å²) in [6.07, 6.45) is 2.57. The molecule has 1 aromatic rings. The monoisotopic (exact) mass is 193 g/mol. The maximum absolute atomic E-state index is 7.41. The van der Waals surface area contributed by atoms with E-state index in [0.717, 1.165) is 12.0 Å². The standard InChI is InChI=1S/C10H15N3O/c1-3-6-14-10-8(9(11)12)7(2)4-5-13-10/h4-5H,3,6H2,1-2H3,(H3,11,12). The van der Waals surface area contributed by atoms with Crippen LogP contribution in [0.2, 0.25) is 0 Å². The van der Waals surface area contributed by atoms with Gasteiger partial charge in [0.15, 0.2) is 0 Å². The van der Waals surface area contributed by atoms with E-state index in [0.29, 0.717) is 18.1 Å². The van der Waals surface area contributed by atoms with Crippen LogP contribution in [0, 0.1) is 12.3 Å². The Morgan fingerprint density at radius 2 is 2.36 bits per heavy atom. The smallest absolute Gasteiger partial charge is 0.224 e. The van der Waals surface area contributed by atoms with Crippen LogP contribution >= 0.6 is 0 Å². The number of nitrogens with two attached hydrogens (primary N) is 1. The zero-order valence-corrected chi connectivity index (χ0v) is 8.50. The number of pyridine rings is 1. The van der Waals surface area contributed by atoms with Gasteiger partial charge in [-0.3, -0.25) is 5.41 Å². The van der Waals surface area contributed by atoms with E-state index < -0.39 is 0 Å². The summed E-state index contributed by atoms with van der Waals surface area (Å²) in [5.74, 6) is 0.459. The highest BCUT2D eigenvalue weighted by Crippen LogP contribution is 2.18.